The maximum Gasteiger partial charge on any atom is 0.310 e. The number of ether oxygens (including phenoxy) is 1. The molecule has 1 rings (SSSR count). The molecule has 0 aliphatic carbocycles. The Balaban J connectivity index is 2.43. The van der Waals surface area contributed by atoms with E-state index in [1.165, 1.54) is 12.0 Å². The molecule has 1 saturated heterocycles. The predicted molar refractivity (Wildman–Crippen MR) is 47.3 cm³/mol. The number of carbonyl (C=O) groups excluding carboxylic acids is 2. The Bertz CT molecular complexity index is 232. The monoisotopic (exact) mass is 203 g/mol. The van der Waals surface area contributed by atoms with Gasteiger partial charge in [0, 0.05) is 19.5 Å². The quantitative estimate of drug-likeness (QED) is 0.620. The van der Waals surface area contributed by atoms with Crippen molar-refractivity contribution in [3.63, 3.8) is 0 Å². The number of rotatable bonds is 4. The van der Waals surface area contributed by atoms with Gasteiger partial charge in [-0.05, 0) is 6.42 Å². The molecule has 1 amide bonds. The molecule has 0 N–H and O–H groups in total. The molecule has 0 aromatic carbocycles. The minimum Gasteiger partial charge on any atom is -0.469 e. The summed E-state index contributed by atoms with van der Waals surface area (Å²) in [6.07, 6.45) is 0.526. The smallest absolute Gasteiger partial charge is 0.310 e. The van der Waals surface area contributed by atoms with Crippen LogP contribution in [0.4, 0.5) is 4.39 Å². The summed E-state index contributed by atoms with van der Waals surface area (Å²) < 4.78 is 16.4. The van der Waals surface area contributed by atoms with Crippen LogP contribution >= 0.6 is 0 Å². The molecule has 5 heteroatoms. The van der Waals surface area contributed by atoms with Crippen LogP contribution in [0.2, 0.25) is 0 Å². The van der Waals surface area contributed by atoms with Crippen LogP contribution in [0, 0.1) is 5.92 Å². The average molecular weight is 203 g/mol. The highest BCUT2D eigenvalue weighted by Gasteiger charge is 2.34. The molecule has 1 heterocycles. The molecule has 0 aromatic rings. The van der Waals surface area contributed by atoms with E-state index in [0.29, 0.717) is 19.5 Å². The standard InChI is InChI=1S/C9H14FNO3/c1-14-9(13)7-5-8(12)11(6-7)4-2-3-10/h7H,2-6H2,1H3. The first-order valence-electron chi connectivity index (χ1n) is 4.60. The lowest BCUT2D eigenvalue weighted by Gasteiger charge is -2.14. The molecular weight excluding hydrogens is 189 g/mol. The van der Waals surface area contributed by atoms with Crippen LogP contribution in [0.25, 0.3) is 0 Å². The van der Waals surface area contributed by atoms with E-state index in [1.807, 2.05) is 0 Å². The topological polar surface area (TPSA) is 46.6 Å². The van der Waals surface area contributed by atoms with E-state index in [9.17, 15) is 14.0 Å². The van der Waals surface area contributed by atoms with Crippen molar-refractivity contribution >= 4 is 11.9 Å². The Hall–Kier alpha value is -1.13. The minimum atomic E-state index is -0.438. The number of likely N-dealkylation sites (tertiary alicyclic amines) is 1. The number of alkyl halides is 1. The number of amides is 1. The van der Waals surface area contributed by atoms with Gasteiger partial charge in [0.15, 0.2) is 0 Å². The van der Waals surface area contributed by atoms with Gasteiger partial charge in [-0.3, -0.25) is 14.0 Å². The summed E-state index contributed by atoms with van der Waals surface area (Å²) >= 11 is 0. The average Bonchev–Trinajstić information content (AvgIpc) is 2.56. The van der Waals surface area contributed by atoms with Crippen LogP contribution in [-0.2, 0) is 14.3 Å². The van der Waals surface area contributed by atoms with Gasteiger partial charge in [0.05, 0.1) is 19.7 Å². The third-order valence-electron chi connectivity index (χ3n) is 2.31. The molecule has 4 nitrogen and oxygen atoms in total. The van der Waals surface area contributed by atoms with E-state index in [0.717, 1.165) is 0 Å². The van der Waals surface area contributed by atoms with Crippen molar-refractivity contribution in [2.45, 2.75) is 12.8 Å². The summed E-state index contributed by atoms with van der Waals surface area (Å²) in [5, 5.41) is 0. The Morgan fingerprint density at radius 2 is 2.43 bits per heavy atom. The second-order valence-electron chi connectivity index (χ2n) is 3.31. The highest BCUT2D eigenvalue weighted by molar-refractivity contribution is 5.86. The van der Waals surface area contributed by atoms with Crippen molar-refractivity contribution in [2.24, 2.45) is 5.92 Å². The van der Waals surface area contributed by atoms with Gasteiger partial charge < -0.3 is 9.64 Å². The zero-order valence-electron chi connectivity index (χ0n) is 8.16. The molecule has 1 aliphatic rings. The van der Waals surface area contributed by atoms with E-state index < -0.39 is 6.67 Å². The van der Waals surface area contributed by atoms with Gasteiger partial charge >= 0.3 is 5.97 Å². The molecule has 0 saturated carbocycles. The van der Waals surface area contributed by atoms with Crippen LogP contribution in [0.3, 0.4) is 0 Å². The van der Waals surface area contributed by atoms with Gasteiger partial charge in [-0.25, -0.2) is 0 Å². The van der Waals surface area contributed by atoms with Crippen molar-refractivity contribution in [3.8, 4) is 0 Å². The summed E-state index contributed by atoms with van der Waals surface area (Å²) in [5.41, 5.74) is 0. The minimum absolute atomic E-state index is 0.0890. The van der Waals surface area contributed by atoms with Crippen molar-refractivity contribution in [2.75, 3.05) is 26.9 Å². The zero-order valence-corrected chi connectivity index (χ0v) is 8.16. The lowest BCUT2D eigenvalue weighted by molar-refractivity contribution is -0.145. The number of halogens is 1. The van der Waals surface area contributed by atoms with Crippen LogP contribution in [0.15, 0.2) is 0 Å². The molecular formula is C9H14FNO3. The Morgan fingerprint density at radius 3 is 3.00 bits per heavy atom. The van der Waals surface area contributed by atoms with E-state index in [4.69, 9.17) is 0 Å². The lowest BCUT2D eigenvalue weighted by Crippen LogP contribution is -2.27. The van der Waals surface area contributed by atoms with Crippen LogP contribution < -0.4 is 0 Å². The first-order chi connectivity index (χ1) is 6.69. The molecule has 0 bridgehead atoms. The van der Waals surface area contributed by atoms with E-state index in [1.54, 1.807) is 0 Å². The summed E-state index contributed by atoms with van der Waals surface area (Å²) in [6.45, 7) is 0.320. The largest absolute Gasteiger partial charge is 0.469 e. The van der Waals surface area contributed by atoms with E-state index in [-0.39, 0.29) is 24.2 Å². The zero-order chi connectivity index (χ0) is 10.6. The Labute approximate surface area is 82.0 Å². The summed E-state index contributed by atoms with van der Waals surface area (Å²) in [5.74, 6) is -0.818. The molecule has 1 unspecified atom stereocenters. The van der Waals surface area contributed by atoms with Gasteiger partial charge in [-0.1, -0.05) is 0 Å². The second kappa shape index (κ2) is 4.93. The first-order valence-corrected chi connectivity index (χ1v) is 4.60. The fourth-order valence-electron chi connectivity index (χ4n) is 1.56. The highest BCUT2D eigenvalue weighted by Crippen LogP contribution is 2.18. The number of nitrogens with zero attached hydrogens (tertiary/aromatic N) is 1. The Morgan fingerprint density at radius 1 is 1.71 bits per heavy atom. The molecule has 14 heavy (non-hydrogen) atoms. The highest BCUT2D eigenvalue weighted by atomic mass is 19.1. The Kier molecular flexibility index (Phi) is 3.85. The number of methoxy groups -OCH3 is 1. The SMILES string of the molecule is COC(=O)C1CC(=O)N(CCCF)C1. The van der Waals surface area contributed by atoms with Gasteiger partial charge in [0.25, 0.3) is 0 Å². The predicted octanol–water partition coefficient (Wildman–Crippen LogP) is 0.367. The van der Waals surface area contributed by atoms with Gasteiger partial charge in [-0.15, -0.1) is 0 Å². The molecule has 1 atom stereocenters. The third kappa shape index (κ3) is 2.43. The van der Waals surface area contributed by atoms with Gasteiger partial charge in [0.2, 0.25) is 5.91 Å². The molecule has 0 aromatic heterocycles. The van der Waals surface area contributed by atoms with Crippen LogP contribution in [0.1, 0.15) is 12.8 Å². The van der Waals surface area contributed by atoms with Crippen LogP contribution in [-0.4, -0.2) is 43.7 Å². The fraction of sp³-hybridized carbons (Fsp3) is 0.778. The maximum absolute atomic E-state index is 11.9. The number of hydrogen-bond donors (Lipinski definition) is 0. The van der Waals surface area contributed by atoms with Gasteiger partial charge in [0.1, 0.15) is 0 Å². The van der Waals surface area contributed by atoms with E-state index >= 15 is 0 Å². The van der Waals surface area contributed by atoms with Crippen LogP contribution in [0.5, 0.6) is 0 Å². The summed E-state index contributed by atoms with van der Waals surface area (Å²) in [6, 6.07) is 0. The van der Waals surface area contributed by atoms with Crippen molar-refractivity contribution < 1.29 is 18.7 Å². The van der Waals surface area contributed by atoms with Gasteiger partial charge in [-0.2, -0.15) is 0 Å². The summed E-state index contributed by atoms with van der Waals surface area (Å²) in [7, 11) is 1.30. The molecule has 0 radical (unpaired) electrons. The molecule has 1 fully saturated rings. The van der Waals surface area contributed by atoms with Crippen molar-refractivity contribution in [1.82, 2.24) is 4.90 Å². The molecule has 1 aliphatic heterocycles. The van der Waals surface area contributed by atoms with Crippen molar-refractivity contribution in [3.05, 3.63) is 0 Å². The maximum atomic E-state index is 11.9. The molecule has 0 spiro atoms. The lowest BCUT2D eigenvalue weighted by atomic mass is 10.1. The number of carbonyl (C=O) groups is 2. The second-order valence-corrected chi connectivity index (χ2v) is 3.31. The van der Waals surface area contributed by atoms with E-state index in [2.05, 4.69) is 4.74 Å². The molecule has 80 valence electrons. The normalized spacial score (nSPS) is 21.4. The summed E-state index contributed by atoms with van der Waals surface area (Å²) in [4.78, 5) is 23.9. The fourth-order valence-corrected chi connectivity index (χ4v) is 1.56. The van der Waals surface area contributed by atoms with Crippen molar-refractivity contribution in [1.29, 1.82) is 0 Å². The third-order valence-corrected chi connectivity index (χ3v) is 2.31. The number of esters is 1. The number of hydrogen-bond acceptors (Lipinski definition) is 3. The first kappa shape index (κ1) is 10.9.